The molecular weight excluding hydrogens is 566 g/mol. The number of morpholine rings is 1. The van der Waals surface area contributed by atoms with Crippen LogP contribution in [0.15, 0.2) is 47.6 Å². The molecule has 0 spiro atoms. The molecule has 1 aromatic carbocycles. The molecule has 5 rings (SSSR count). The zero-order valence-corrected chi connectivity index (χ0v) is 24.8. The van der Waals surface area contributed by atoms with Crippen LogP contribution >= 0.6 is 0 Å². The van der Waals surface area contributed by atoms with Crippen LogP contribution in [0.3, 0.4) is 0 Å². The summed E-state index contributed by atoms with van der Waals surface area (Å²) in [6.07, 6.45) is 2.94. The Morgan fingerprint density at radius 2 is 1.69 bits per heavy atom. The second-order valence-corrected chi connectivity index (χ2v) is 12.3. The monoisotopic (exact) mass is 602 g/mol. The Balaban J connectivity index is 1.34. The molecule has 2 fully saturated rings. The van der Waals surface area contributed by atoms with E-state index in [2.05, 4.69) is 33.4 Å². The van der Waals surface area contributed by atoms with Gasteiger partial charge in [0.1, 0.15) is 11.6 Å². The molecule has 2 aromatic heterocycles. The van der Waals surface area contributed by atoms with Crippen LogP contribution in [-0.4, -0.2) is 93.8 Å². The van der Waals surface area contributed by atoms with Gasteiger partial charge in [-0.25, -0.2) is 22.2 Å². The summed E-state index contributed by atoms with van der Waals surface area (Å²) in [6.45, 7) is 9.90. The molecule has 2 saturated heterocycles. The number of piperazine rings is 1. The van der Waals surface area contributed by atoms with Crippen molar-refractivity contribution in [2.24, 2.45) is 0 Å². The Morgan fingerprint density at radius 1 is 1.00 bits per heavy atom. The van der Waals surface area contributed by atoms with Crippen LogP contribution in [-0.2, 0) is 21.3 Å². The summed E-state index contributed by atoms with van der Waals surface area (Å²) in [6, 6.07) is 7.32. The van der Waals surface area contributed by atoms with Gasteiger partial charge in [0.25, 0.3) is 10.0 Å². The SMILES string of the molecule is COc1ncc(N2CCOCC2)cc1S(=O)(=O)Nc1ccnc(-c2cc(F)c(CN3CCN(C(C)C)CC3)c(F)c2)c1. The molecule has 1 N–H and O–H groups in total. The lowest BCUT2D eigenvalue weighted by molar-refractivity contribution is 0.102. The number of nitrogens with one attached hydrogen (secondary N) is 1. The van der Waals surface area contributed by atoms with Gasteiger partial charge in [-0.15, -0.1) is 0 Å². The molecule has 0 saturated carbocycles. The van der Waals surface area contributed by atoms with Crippen molar-refractivity contribution in [3.05, 3.63) is 59.9 Å². The minimum atomic E-state index is -4.15. The summed E-state index contributed by atoms with van der Waals surface area (Å²) in [4.78, 5) is 14.7. The number of benzene rings is 1. The van der Waals surface area contributed by atoms with Crippen LogP contribution in [0.1, 0.15) is 19.4 Å². The molecule has 0 radical (unpaired) electrons. The van der Waals surface area contributed by atoms with Crippen molar-refractivity contribution in [3.63, 3.8) is 0 Å². The summed E-state index contributed by atoms with van der Waals surface area (Å²) in [5.41, 5.74) is 1.23. The maximum absolute atomic E-state index is 15.2. The van der Waals surface area contributed by atoms with Crippen LogP contribution in [0.5, 0.6) is 5.88 Å². The molecule has 226 valence electrons. The number of halogens is 2. The van der Waals surface area contributed by atoms with Crippen molar-refractivity contribution < 1.29 is 26.7 Å². The Labute approximate surface area is 245 Å². The summed E-state index contributed by atoms with van der Waals surface area (Å²) >= 11 is 0. The Hall–Kier alpha value is -3.39. The molecule has 0 amide bonds. The number of nitrogens with zero attached hydrogens (tertiary/aromatic N) is 5. The van der Waals surface area contributed by atoms with Gasteiger partial charge in [0, 0.05) is 69.2 Å². The lowest BCUT2D eigenvalue weighted by atomic mass is 10.1. The lowest BCUT2D eigenvalue weighted by Crippen LogP contribution is -2.48. The molecule has 13 heteroatoms. The number of hydrogen-bond acceptors (Lipinski definition) is 9. The van der Waals surface area contributed by atoms with E-state index in [1.807, 2.05) is 9.80 Å². The number of anilines is 2. The molecule has 2 aliphatic heterocycles. The van der Waals surface area contributed by atoms with Crippen molar-refractivity contribution in [2.45, 2.75) is 31.3 Å². The minimum Gasteiger partial charge on any atom is -0.480 e. The smallest absolute Gasteiger partial charge is 0.267 e. The fourth-order valence-electron chi connectivity index (χ4n) is 5.19. The van der Waals surface area contributed by atoms with Gasteiger partial charge >= 0.3 is 0 Å². The minimum absolute atomic E-state index is 0.00773. The third-order valence-corrected chi connectivity index (χ3v) is 9.01. The van der Waals surface area contributed by atoms with Crippen molar-refractivity contribution in [3.8, 4) is 17.1 Å². The maximum Gasteiger partial charge on any atom is 0.267 e. The van der Waals surface area contributed by atoms with Gasteiger partial charge in [-0.2, -0.15) is 0 Å². The van der Waals surface area contributed by atoms with Crippen LogP contribution in [0.4, 0.5) is 20.2 Å². The van der Waals surface area contributed by atoms with Gasteiger partial charge in [-0.05, 0) is 44.2 Å². The molecule has 10 nitrogen and oxygen atoms in total. The van der Waals surface area contributed by atoms with E-state index in [9.17, 15) is 8.42 Å². The first-order chi connectivity index (χ1) is 20.1. The van der Waals surface area contributed by atoms with Gasteiger partial charge in [0.2, 0.25) is 5.88 Å². The summed E-state index contributed by atoms with van der Waals surface area (Å²) in [7, 11) is -2.80. The second kappa shape index (κ2) is 12.9. The average Bonchev–Trinajstić information content (AvgIpc) is 2.99. The first-order valence-corrected chi connectivity index (χ1v) is 15.4. The Kier molecular flexibility index (Phi) is 9.21. The standard InChI is InChI=1S/C29H36F2N6O4S/c1-20(2)36-8-6-35(7-9-36)19-24-25(30)14-21(15-26(24)31)27-16-22(4-5-32-27)34-42(38,39)28-17-23(18-33-29(28)40-3)37-10-12-41-13-11-37/h4-5,14-18,20H,6-13,19H2,1-3H3,(H,32,34). The van der Waals surface area contributed by atoms with Crippen molar-refractivity contribution in [1.29, 1.82) is 0 Å². The predicted molar refractivity (Wildman–Crippen MR) is 156 cm³/mol. The van der Waals surface area contributed by atoms with E-state index in [1.54, 1.807) is 6.20 Å². The van der Waals surface area contributed by atoms with E-state index in [1.165, 1.54) is 43.6 Å². The quantitative estimate of drug-likeness (QED) is 0.394. The normalized spacial score (nSPS) is 17.0. The third kappa shape index (κ3) is 6.80. The van der Waals surface area contributed by atoms with Crippen LogP contribution in [0, 0.1) is 11.6 Å². The van der Waals surface area contributed by atoms with Crippen LogP contribution in [0.25, 0.3) is 11.3 Å². The molecular formula is C29H36F2N6O4S. The number of hydrogen-bond donors (Lipinski definition) is 1. The first kappa shape index (κ1) is 30.1. The largest absolute Gasteiger partial charge is 0.480 e. The molecule has 42 heavy (non-hydrogen) atoms. The van der Waals surface area contributed by atoms with E-state index in [0.29, 0.717) is 38.0 Å². The summed E-state index contributed by atoms with van der Waals surface area (Å²) in [5, 5.41) is 0. The molecule has 0 aliphatic carbocycles. The lowest BCUT2D eigenvalue weighted by Gasteiger charge is -2.37. The third-order valence-electron chi connectivity index (χ3n) is 7.63. The molecule has 4 heterocycles. The van der Waals surface area contributed by atoms with Gasteiger partial charge < -0.3 is 14.4 Å². The Bertz CT molecular complexity index is 1490. The van der Waals surface area contributed by atoms with E-state index in [-0.39, 0.29) is 39.8 Å². The molecule has 2 aliphatic rings. The molecule has 3 aromatic rings. The number of methoxy groups -OCH3 is 1. The van der Waals surface area contributed by atoms with Crippen LogP contribution in [0.2, 0.25) is 0 Å². The number of pyridine rings is 2. The van der Waals surface area contributed by atoms with Crippen molar-refractivity contribution in [1.82, 2.24) is 19.8 Å². The molecule has 0 bridgehead atoms. The van der Waals surface area contributed by atoms with Crippen LogP contribution < -0.4 is 14.4 Å². The maximum atomic E-state index is 15.2. The van der Waals surface area contributed by atoms with E-state index in [0.717, 1.165) is 26.2 Å². The first-order valence-electron chi connectivity index (χ1n) is 13.9. The van der Waals surface area contributed by atoms with Gasteiger partial charge in [-0.1, -0.05) is 0 Å². The number of ether oxygens (including phenoxy) is 2. The van der Waals surface area contributed by atoms with E-state index in [4.69, 9.17) is 9.47 Å². The highest BCUT2D eigenvalue weighted by molar-refractivity contribution is 7.92. The predicted octanol–water partition coefficient (Wildman–Crippen LogP) is 3.59. The summed E-state index contributed by atoms with van der Waals surface area (Å²) in [5.74, 6) is -1.39. The second-order valence-electron chi connectivity index (χ2n) is 10.7. The molecule has 0 unspecified atom stereocenters. The average molecular weight is 603 g/mol. The number of aromatic nitrogens is 2. The van der Waals surface area contributed by atoms with Gasteiger partial charge in [0.15, 0.2) is 4.90 Å². The highest BCUT2D eigenvalue weighted by Gasteiger charge is 2.25. The van der Waals surface area contributed by atoms with Crippen molar-refractivity contribution >= 4 is 21.4 Å². The van der Waals surface area contributed by atoms with E-state index >= 15 is 8.78 Å². The van der Waals surface area contributed by atoms with Gasteiger partial charge in [-0.3, -0.25) is 19.5 Å². The highest BCUT2D eigenvalue weighted by Crippen LogP contribution is 2.30. The van der Waals surface area contributed by atoms with E-state index < -0.39 is 21.7 Å². The van der Waals surface area contributed by atoms with Crippen molar-refractivity contribution in [2.75, 3.05) is 69.2 Å². The highest BCUT2D eigenvalue weighted by atomic mass is 32.2. The number of sulfonamides is 1. The fourth-order valence-corrected chi connectivity index (χ4v) is 6.38. The Morgan fingerprint density at radius 3 is 2.33 bits per heavy atom. The van der Waals surface area contributed by atoms with Gasteiger partial charge in [0.05, 0.1) is 43.6 Å². The summed E-state index contributed by atoms with van der Waals surface area (Å²) < 4.78 is 70.4. The zero-order valence-electron chi connectivity index (χ0n) is 24.0. The molecule has 0 atom stereocenters. The fraction of sp³-hybridized carbons (Fsp3) is 0.448. The number of rotatable bonds is 9. The topological polar surface area (TPSA) is 100 Å². The zero-order chi connectivity index (χ0) is 29.9.